The SMILES string of the molecule is CC1(CCC(=O)NCCSSCCC(=O)Nc2ccc(CO)c([N+](=O)[O-])c2)N=N1. The van der Waals surface area contributed by atoms with E-state index in [2.05, 4.69) is 20.9 Å². The third-order valence-electron chi connectivity index (χ3n) is 4.01. The zero-order chi connectivity index (χ0) is 21.3. The largest absolute Gasteiger partial charge is 0.391 e. The number of nitro groups is 1. The number of amides is 2. The minimum absolute atomic E-state index is 0.0187. The van der Waals surface area contributed by atoms with Gasteiger partial charge in [-0.1, -0.05) is 21.6 Å². The molecule has 3 N–H and O–H groups in total. The van der Waals surface area contributed by atoms with Crippen molar-refractivity contribution in [1.82, 2.24) is 5.32 Å². The van der Waals surface area contributed by atoms with Gasteiger partial charge in [-0.3, -0.25) is 19.7 Å². The second kappa shape index (κ2) is 11.1. The summed E-state index contributed by atoms with van der Waals surface area (Å²) in [7, 11) is 3.08. The minimum Gasteiger partial charge on any atom is -0.391 e. The number of anilines is 1. The molecule has 0 radical (unpaired) electrons. The number of hydrogen-bond acceptors (Lipinski definition) is 9. The van der Waals surface area contributed by atoms with Crippen LogP contribution < -0.4 is 10.6 Å². The Hall–Kier alpha value is -2.18. The molecular weight excluding hydrogens is 418 g/mol. The smallest absolute Gasteiger partial charge is 0.276 e. The van der Waals surface area contributed by atoms with Crippen LogP contribution >= 0.6 is 21.6 Å². The maximum Gasteiger partial charge on any atom is 0.276 e. The molecule has 0 atom stereocenters. The fourth-order valence-corrected chi connectivity index (χ4v) is 4.17. The summed E-state index contributed by atoms with van der Waals surface area (Å²) >= 11 is 0. The van der Waals surface area contributed by atoms with Crippen LogP contribution in [0.1, 0.15) is 31.7 Å². The van der Waals surface area contributed by atoms with Crippen LogP contribution in [0.25, 0.3) is 0 Å². The third-order valence-corrected chi connectivity index (χ3v) is 6.41. The lowest BCUT2D eigenvalue weighted by molar-refractivity contribution is -0.385. The van der Waals surface area contributed by atoms with Crippen molar-refractivity contribution in [2.45, 2.75) is 38.5 Å². The number of aliphatic hydroxyl groups is 1. The average Bonchev–Trinajstić information content (AvgIpc) is 3.43. The molecule has 12 heteroatoms. The van der Waals surface area contributed by atoms with Crippen LogP contribution in [0.4, 0.5) is 11.4 Å². The van der Waals surface area contributed by atoms with E-state index < -0.39 is 11.5 Å². The van der Waals surface area contributed by atoms with E-state index in [0.29, 0.717) is 30.8 Å². The van der Waals surface area contributed by atoms with Crippen molar-refractivity contribution in [3.05, 3.63) is 33.9 Å². The molecule has 0 saturated carbocycles. The molecule has 0 saturated heterocycles. The summed E-state index contributed by atoms with van der Waals surface area (Å²) in [6, 6.07) is 4.17. The molecule has 1 aliphatic rings. The Morgan fingerprint density at radius 3 is 2.59 bits per heavy atom. The number of aliphatic hydroxyl groups excluding tert-OH is 1. The second-order valence-electron chi connectivity index (χ2n) is 6.47. The fourth-order valence-electron chi connectivity index (χ4n) is 2.28. The molecule has 2 amide bonds. The summed E-state index contributed by atoms with van der Waals surface area (Å²) in [6.45, 7) is 1.99. The lowest BCUT2D eigenvalue weighted by Gasteiger charge is -2.07. The van der Waals surface area contributed by atoms with Gasteiger partial charge < -0.3 is 15.7 Å². The van der Waals surface area contributed by atoms with E-state index in [-0.39, 0.29) is 35.1 Å². The quantitative estimate of drug-likeness (QED) is 0.185. The zero-order valence-electron chi connectivity index (χ0n) is 15.9. The molecular formula is C17H23N5O5S2. The molecule has 29 heavy (non-hydrogen) atoms. The predicted octanol–water partition coefficient (Wildman–Crippen LogP) is 2.88. The highest BCUT2D eigenvalue weighted by Gasteiger charge is 2.33. The number of rotatable bonds is 13. The van der Waals surface area contributed by atoms with E-state index in [0.717, 1.165) is 5.75 Å². The van der Waals surface area contributed by atoms with E-state index in [1.54, 1.807) is 10.8 Å². The van der Waals surface area contributed by atoms with Crippen molar-refractivity contribution in [2.75, 3.05) is 23.4 Å². The monoisotopic (exact) mass is 441 g/mol. The highest BCUT2D eigenvalue weighted by Crippen LogP contribution is 2.31. The van der Waals surface area contributed by atoms with E-state index in [1.807, 2.05) is 6.92 Å². The molecule has 158 valence electrons. The first-order valence-corrected chi connectivity index (χ1v) is 11.4. The number of nitro benzene ring substituents is 1. The normalized spacial score (nSPS) is 13.7. The Kier molecular flexibility index (Phi) is 8.86. The van der Waals surface area contributed by atoms with Gasteiger partial charge >= 0.3 is 0 Å². The molecule has 1 aliphatic heterocycles. The van der Waals surface area contributed by atoms with Crippen LogP contribution in [-0.4, -0.2) is 45.6 Å². The fraction of sp³-hybridized carbons (Fsp3) is 0.529. The van der Waals surface area contributed by atoms with Crippen LogP contribution in [0.3, 0.4) is 0 Å². The molecule has 0 fully saturated rings. The van der Waals surface area contributed by atoms with Crippen LogP contribution in [0.15, 0.2) is 28.4 Å². The Labute approximate surface area is 175 Å². The van der Waals surface area contributed by atoms with Crippen molar-refractivity contribution in [3.63, 3.8) is 0 Å². The predicted molar refractivity (Wildman–Crippen MR) is 113 cm³/mol. The van der Waals surface area contributed by atoms with Gasteiger partial charge in [-0.25, -0.2) is 0 Å². The second-order valence-corrected chi connectivity index (χ2v) is 9.17. The lowest BCUT2D eigenvalue weighted by Crippen LogP contribution is -2.26. The number of benzene rings is 1. The Bertz CT molecular complexity index is 783. The van der Waals surface area contributed by atoms with Gasteiger partial charge in [-0.2, -0.15) is 10.2 Å². The lowest BCUT2D eigenvalue weighted by atomic mass is 10.1. The van der Waals surface area contributed by atoms with Gasteiger partial charge in [0.05, 0.1) is 17.1 Å². The molecule has 1 aromatic carbocycles. The Morgan fingerprint density at radius 2 is 1.93 bits per heavy atom. The van der Waals surface area contributed by atoms with E-state index in [4.69, 9.17) is 5.11 Å². The first-order valence-electron chi connectivity index (χ1n) is 8.96. The number of nitrogens with one attached hydrogen (secondary N) is 2. The number of carbonyl (C=O) groups excluding carboxylic acids is 2. The molecule has 0 bridgehead atoms. The summed E-state index contributed by atoms with van der Waals surface area (Å²) in [5, 5.41) is 33.3. The molecule has 1 heterocycles. The summed E-state index contributed by atoms with van der Waals surface area (Å²) in [5.74, 6) is 1.03. The molecule has 0 aliphatic carbocycles. The summed E-state index contributed by atoms with van der Waals surface area (Å²) < 4.78 is 0. The first kappa shape index (κ1) is 23.1. The van der Waals surface area contributed by atoms with Crippen molar-refractivity contribution in [3.8, 4) is 0 Å². The van der Waals surface area contributed by atoms with Gasteiger partial charge in [-0.05, 0) is 19.1 Å². The van der Waals surface area contributed by atoms with Gasteiger partial charge in [0.2, 0.25) is 11.8 Å². The molecule has 2 rings (SSSR count). The standard InChI is InChI=1S/C17H23N5O5S2/c1-17(20-21-17)6-4-15(24)18-7-9-29-28-8-5-16(25)19-13-3-2-12(11-23)14(10-13)22(26)27/h2-3,10,23H,4-9,11H2,1H3,(H,18,24)(H,19,25). The van der Waals surface area contributed by atoms with Crippen molar-refractivity contribution in [2.24, 2.45) is 10.2 Å². The average molecular weight is 442 g/mol. The van der Waals surface area contributed by atoms with Crippen LogP contribution in [0.2, 0.25) is 0 Å². The Morgan fingerprint density at radius 1 is 1.21 bits per heavy atom. The maximum absolute atomic E-state index is 12.0. The van der Waals surface area contributed by atoms with Crippen LogP contribution in [0, 0.1) is 10.1 Å². The van der Waals surface area contributed by atoms with E-state index >= 15 is 0 Å². The first-order chi connectivity index (χ1) is 13.8. The number of nitrogens with zero attached hydrogens (tertiary/aromatic N) is 3. The molecule has 0 aromatic heterocycles. The van der Waals surface area contributed by atoms with E-state index in [9.17, 15) is 19.7 Å². The zero-order valence-corrected chi connectivity index (χ0v) is 17.6. The van der Waals surface area contributed by atoms with Crippen molar-refractivity contribution >= 4 is 44.8 Å². The van der Waals surface area contributed by atoms with Crippen molar-refractivity contribution in [1.29, 1.82) is 0 Å². The number of carbonyl (C=O) groups is 2. The summed E-state index contributed by atoms with van der Waals surface area (Å²) in [5.41, 5.74) is -0.0695. The van der Waals surface area contributed by atoms with Gasteiger partial charge in [0.1, 0.15) is 0 Å². The van der Waals surface area contributed by atoms with Gasteiger partial charge in [0.25, 0.3) is 5.69 Å². The maximum atomic E-state index is 12.0. The summed E-state index contributed by atoms with van der Waals surface area (Å²) in [6.07, 6.45) is 1.28. The molecule has 10 nitrogen and oxygen atoms in total. The summed E-state index contributed by atoms with van der Waals surface area (Å²) in [4.78, 5) is 34.0. The molecule has 0 unspecified atom stereocenters. The van der Waals surface area contributed by atoms with Gasteiger partial charge in [0, 0.05) is 49.1 Å². The Balaban J connectivity index is 1.55. The number of hydrogen-bond donors (Lipinski definition) is 3. The van der Waals surface area contributed by atoms with Crippen LogP contribution in [-0.2, 0) is 16.2 Å². The molecule has 1 aromatic rings. The third kappa shape index (κ3) is 8.38. The van der Waals surface area contributed by atoms with Gasteiger partial charge in [0.15, 0.2) is 5.66 Å². The topological polar surface area (TPSA) is 146 Å². The minimum atomic E-state index is -0.594. The van der Waals surface area contributed by atoms with E-state index in [1.165, 1.54) is 29.0 Å². The highest BCUT2D eigenvalue weighted by molar-refractivity contribution is 8.76. The molecule has 0 spiro atoms. The highest BCUT2D eigenvalue weighted by atomic mass is 33.1. The van der Waals surface area contributed by atoms with Crippen molar-refractivity contribution < 1.29 is 19.6 Å². The van der Waals surface area contributed by atoms with Crippen LogP contribution in [0.5, 0.6) is 0 Å². The van der Waals surface area contributed by atoms with Gasteiger partial charge in [-0.15, -0.1) is 0 Å².